The van der Waals surface area contributed by atoms with E-state index in [-0.39, 0.29) is 46.3 Å². The lowest BCUT2D eigenvalue weighted by Gasteiger charge is -2.52. The van der Waals surface area contributed by atoms with Gasteiger partial charge in [-0.2, -0.15) is 15.4 Å². The van der Waals surface area contributed by atoms with E-state index >= 15 is 0 Å². The lowest BCUT2D eigenvalue weighted by Crippen LogP contribution is -2.49. The van der Waals surface area contributed by atoms with Gasteiger partial charge in [0.2, 0.25) is 6.19 Å². The number of aromatic nitrogens is 3. The number of rotatable bonds is 9. The summed E-state index contributed by atoms with van der Waals surface area (Å²) in [6.45, 7) is 2.46. The van der Waals surface area contributed by atoms with Crippen LogP contribution in [0, 0.1) is 22.3 Å². The number of hydrogen-bond donors (Lipinski definition) is 3. The highest BCUT2D eigenvalue weighted by molar-refractivity contribution is 5.98. The Balaban J connectivity index is 1.26. The van der Waals surface area contributed by atoms with Crippen molar-refractivity contribution in [3.8, 4) is 6.19 Å². The summed E-state index contributed by atoms with van der Waals surface area (Å²) in [7, 11) is 0. The van der Waals surface area contributed by atoms with Crippen LogP contribution >= 0.6 is 0 Å². The summed E-state index contributed by atoms with van der Waals surface area (Å²) in [5.74, 6) is -0.246. The number of Topliss-reactive ketones (excluding diaryl/α,β-unsaturated/α-hetero) is 1. The van der Waals surface area contributed by atoms with Crippen LogP contribution in [0.15, 0.2) is 47.6 Å². The third-order valence-corrected chi connectivity index (χ3v) is 8.62. The van der Waals surface area contributed by atoms with Gasteiger partial charge >= 0.3 is 0 Å². The number of amides is 2. The monoisotopic (exact) mass is 540 g/mol. The molecule has 2 bridgehead atoms. The minimum atomic E-state index is -0.424. The highest BCUT2D eigenvalue weighted by atomic mass is 16.2. The second-order valence-electron chi connectivity index (χ2n) is 11.0. The van der Waals surface area contributed by atoms with E-state index in [1.165, 1.54) is 16.8 Å². The number of benzene rings is 1. The fourth-order valence-electron chi connectivity index (χ4n) is 6.04. The van der Waals surface area contributed by atoms with Crippen molar-refractivity contribution in [2.75, 3.05) is 6.54 Å². The quantitative estimate of drug-likeness (QED) is 0.213. The molecule has 3 saturated carbocycles. The summed E-state index contributed by atoms with van der Waals surface area (Å²) in [6.07, 6.45) is 8.95. The Morgan fingerprint density at radius 2 is 1.77 bits per heavy atom. The topological polar surface area (TPSA) is 168 Å². The molecule has 1 aromatic carbocycles. The molecule has 4 N–H and O–H groups in total. The van der Waals surface area contributed by atoms with E-state index in [0.717, 1.165) is 49.7 Å². The summed E-state index contributed by atoms with van der Waals surface area (Å²) < 4.78 is 1.43. The first kappa shape index (κ1) is 27.0. The number of nitrogens with two attached hydrogens (primary N) is 1. The average Bonchev–Trinajstić information content (AvgIpc) is 3.44. The Hall–Kier alpha value is -4.59. The third-order valence-electron chi connectivity index (χ3n) is 8.62. The van der Waals surface area contributed by atoms with E-state index in [2.05, 4.69) is 25.7 Å². The first-order valence-electron chi connectivity index (χ1n) is 13.4. The maximum Gasteiger partial charge on any atom is 0.270 e. The molecule has 3 aromatic rings. The predicted molar refractivity (Wildman–Crippen MR) is 147 cm³/mol. The summed E-state index contributed by atoms with van der Waals surface area (Å²) >= 11 is 0. The maximum absolute atomic E-state index is 13.3. The van der Waals surface area contributed by atoms with Gasteiger partial charge in [-0.15, -0.1) is 0 Å². The zero-order chi connectivity index (χ0) is 28.3. The normalized spacial score (nSPS) is 22.1. The van der Waals surface area contributed by atoms with Crippen LogP contribution in [0.4, 0.5) is 0 Å². The largest absolute Gasteiger partial charge is 0.386 e. The number of ketones is 1. The molecule has 3 fully saturated rings. The number of aliphatic imine (C=N–C) groups is 1. The Labute approximate surface area is 231 Å². The van der Waals surface area contributed by atoms with Crippen LogP contribution in [0.1, 0.15) is 77.6 Å². The van der Waals surface area contributed by atoms with Crippen LogP contribution in [0.2, 0.25) is 0 Å². The second kappa shape index (κ2) is 10.9. The van der Waals surface area contributed by atoms with Crippen molar-refractivity contribution >= 4 is 29.1 Å². The van der Waals surface area contributed by atoms with E-state index < -0.39 is 5.91 Å². The van der Waals surface area contributed by atoms with E-state index in [1.54, 1.807) is 19.2 Å². The summed E-state index contributed by atoms with van der Waals surface area (Å²) in [5, 5.41) is 18.8. The van der Waals surface area contributed by atoms with Gasteiger partial charge in [-0.25, -0.2) is 9.50 Å². The second-order valence-corrected chi connectivity index (χ2v) is 11.0. The molecule has 0 spiro atoms. The number of carbonyl (C=O) groups excluding carboxylic acids is 3. The first-order chi connectivity index (χ1) is 19.2. The zero-order valence-corrected chi connectivity index (χ0v) is 22.4. The van der Waals surface area contributed by atoms with Crippen molar-refractivity contribution < 1.29 is 14.4 Å². The first-order valence-corrected chi connectivity index (χ1v) is 13.4. The molecular formula is C29H32N8O3. The van der Waals surface area contributed by atoms with Gasteiger partial charge in [-0.1, -0.05) is 24.3 Å². The van der Waals surface area contributed by atoms with E-state index in [9.17, 15) is 14.4 Å². The standard InChI is InChI=1S/C29H32N8O3/c1-19(38)29-9-6-28(7-10-29,8-11-29)17-33-27(40)23-15-22(36-25-5-12-35-37(23)25)26(39)32-16-21-4-2-3-20(13-21)14-24(31)34-18-30/h2-5,12-13,15H,6-11,14,16-17H2,1H3,(H2,31,34)(H,32,39)(H,33,40). The van der Waals surface area contributed by atoms with Gasteiger partial charge in [-0.3, -0.25) is 14.4 Å². The van der Waals surface area contributed by atoms with Crippen LogP contribution in [0.5, 0.6) is 0 Å². The van der Waals surface area contributed by atoms with Gasteiger partial charge in [0.25, 0.3) is 11.8 Å². The van der Waals surface area contributed by atoms with Gasteiger partial charge < -0.3 is 16.4 Å². The van der Waals surface area contributed by atoms with E-state index in [4.69, 9.17) is 11.0 Å². The maximum atomic E-state index is 13.3. The Kier molecular flexibility index (Phi) is 7.34. The summed E-state index contributed by atoms with van der Waals surface area (Å²) in [4.78, 5) is 46.5. The lowest BCUT2D eigenvalue weighted by molar-refractivity contribution is -0.135. The average molecular weight is 541 g/mol. The Morgan fingerprint density at radius 1 is 1.05 bits per heavy atom. The number of carbonyl (C=O) groups is 3. The summed E-state index contributed by atoms with van der Waals surface area (Å²) in [6, 6.07) is 10.6. The molecule has 206 valence electrons. The smallest absolute Gasteiger partial charge is 0.270 e. The van der Waals surface area contributed by atoms with Gasteiger partial charge in [0.05, 0.1) is 6.20 Å². The molecule has 40 heavy (non-hydrogen) atoms. The number of nitrogens with zero attached hydrogens (tertiary/aromatic N) is 5. The molecule has 3 aliphatic rings. The van der Waals surface area contributed by atoms with Crippen molar-refractivity contribution in [2.45, 2.75) is 58.4 Å². The Bertz CT molecular complexity index is 1530. The molecule has 0 radical (unpaired) electrons. The van der Waals surface area contributed by atoms with Crippen LogP contribution in [-0.2, 0) is 17.8 Å². The molecule has 0 aliphatic heterocycles. The van der Waals surface area contributed by atoms with Crippen LogP contribution in [0.25, 0.3) is 5.65 Å². The van der Waals surface area contributed by atoms with Gasteiger partial charge in [-0.05, 0) is 62.0 Å². The SMILES string of the molecule is CC(=O)C12CCC(CNC(=O)c3cc(C(=O)NCc4cccc(CC(N)=NC#N)c4)nc4ccnn34)(CC1)CC2. The Morgan fingerprint density at radius 3 is 2.48 bits per heavy atom. The van der Waals surface area contributed by atoms with Crippen molar-refractivity contribution in [3.63, 3.8) is 0 Å². The van der Waals surface area contributed by atoms with Crippen LogP contribution < -0.4 is 16.4 Å². The molecule has 11 heteroatoms. The van der Waals surface area contributed by atoms with E-state index in [1.807, 2.05) is 24.3 Å². The fraction of sp³-hybridized carbons (Fsp3) is 0.414. The van der Waals surface area contributed by atoms with Crippen LogP contribution in [0.3, 0.4) is 0 Å². The highest BCUT2D eigenvalue weighted by Gasteiger charge is 2.50. The molecule has 11 nitrogen and oxygen atoms in total. The zero-order valence-electron chi connectivity index (χ0n) is 22.4. The molecule has 2 amide bonds. The van der Waals surface area contributed by atoms with Gasteiger partial charge in [0, 0.05) is 37.1 Å². The number of nitrogens with one attached hydrogen (secondary N) is 2. The molecule has 0 unspecified atom stereocenters. The van der Waals surface area contributed by atoms with Crippen molar-refractivity contribution in [2.24, 2.45) is 21.6 Å². The number of amidine groups is 1. The fourth-order valence-corrected chi connectivity index (χ4v) is 6.04. The highest BCUT2D eigenvalue weighted by Crippen LogP contribution is 2.56. The van der Waals surface area contributed by atoms with Gasteiger partial charge in [0.15, 0.2) is 5.65 Å². The third kappa shape index (κ3) is 5.43. The lowest BCUT2D eigenvalue weighted by atomic mass is 9.52. The van der Waals surface area contributed by atoms with Gasteiger partial charge in [0.1, 0.15) is 23.0 Å². The molecule has 2 heterocycles. The molecular weight excluding hydrogens is 508 g/mol. The minimum Gasteiger partial charge on any atom is -0.386 e. The number of nitriles is 1. The molecule has 3 aliphatic carbocycles. The molecule has 6 rings (SSSR count). The predicted octanol–water partition coefficient (Wildman–Crippen LogP) is 2.70. The van der Waals surface area contributed by atoms with Crippen molar-refractivity contribution in [1.82, 2.24) is 25.2 Å². The van der Waals surface area contributed by atoms with E-state index in [0.29, 0.717) is 18.6 Å². The van der Waals surface area contributed by atoms with Crippen molar-refractivity contribution in [1.29, 1.82) is 5.26 Å². The number of fused-ring (bicyclic) bond motifs is 4. The summed E-state index contributed by atoms with van der Waals surface area (Å²) in [5.41, 5.74) is 8.01. The van der Waals surface area contributed by atoms with Crippen LogP contribution in [-0.4, -0.2) is 44.6 Å². The van der Waals surface area contributed by atoms with Crippen molar-refractivity contribution in [3.05, 3.63) is 65.1 Å². The molecule has 2 aromatic heterocycles. The molecule has 0 saturated heterocycles. The molecule has 0 atom stereocenters. The minimum absolute atomic E-state index is 0.00297. The number of hydrogen-bond acceptors (Lipinski definition) is 7.